The number of anilines is 1. The van der Waals surface area contributed by atoms with E-state index in [0.29, 0.717) is 0 Å². The number of imidazole rings is 1. The summed E-state index contributed by atoms with van der Waals surface area (Å²) >= 11 is 1.66. The van der Waals surface area contributed by atoms with Crippen LogP contribution in [0.1, 0.15) is 36.9 Å². The van der Waals surface area contributed by atoms with Crippen LogP contribution in [0.2, 0.25) is 0 Å². The van der Waals surface area contributed by atoms with Crippen LogP contribution in [0.4, 0.5) is 5.13 Å². The number of aromatic nitrogens is 5. The third-order valence-electron chi connectivity index (χ3n) is 6.79. The van der Waals surface area contributed by atoms with Crippen LogP contribution in [-0.4, -0.2) is 41.6 Å². The summed E-state index contributed by atoms with van der Waals surface area (Å²) in [5.74, 6) is 0. The molecule has 0 saturated heterocycles. The van der Waals surface area contributed by atoms with Gasteiger partial charge in [-0.15, -0.1) is 0 Å². The quantitative estimate of drug-likeness (QED) is 0.371. The lowest BCUT2D eigenvalue weighted by Crippen LogP contribution is -2.36. The van der Waals surface area contributed by atoms with Crippen molar-refractivity contribution in [2.24, 2.45) is 7.05 Å². The van der Waals surface area contributed by atoms with Crippen LogP contribution in [0.3, 0.4) is 0 Å². The number of hydrogen-bond donors (Lipinski definition) is 2. The average Bonchev–Trinajstić information content (AvgIpc) is 3.51. The highest BCUT2D eigenvalue weighted by molar-refractivity contribution is 7.22. The van der Waals surface area contributed by atoms with Crippen LogP contribution >= 0.6 is 11.3 Å². The molecule has 1 saturated carbocycles. The van der Waals surface area contributed by atoms with Gasteiger partial charge < -0.3 is 15.0 Å². The zero-order valence-electron chi connectivity index (χ0n) is 19.4. The van der Waals surface area contributed by atoms with Crippen molar-refractivity contribution in [2.75, 3.05) is 5.32 Å². The maximum atomic E-state index is 10.3. The topological polar surface area (TPSA) is 80.8 Å². The van der Waals surface area contributed by atoms with Gasteiger partial charge in [-0.25, -0.2) is 9.97 Å². The number of aryl methyl sites for hydroxylation is 2. The zero-order chi connectivity index (χ0) is 23.2. The highest BCUT2D eigenvalue weighted by Crippen LogP contribution is 2.31. The minimum absolute atomic E-state index is 0.103. The van der Waals surface area contributed by atoms with E-state index in [1.165, 1.54) is 5.56 Å². The number of benzene rings is 2. The normalized spacial score (nSPS) is 18.7. The Bertz CT molecular complexity index is 1480. The second kappa shape index (κ2) is 8.52. The van der Waals surface area contributed by atoms with Crippen LogP contribution in [0.5, 0.6) is 0 Å². The third kappa shape index (κ3) is 3.97. The fraction of sp³-hybridized carbons (Fsp3) is 0.346. The van der Waals surface area contributed by atoms with Crippen molar-refractivity contribution in [3.63, 3.8) is 0 Å². The van der Waals surface area contributed by atoms with Crippen molar-refractivity contribution >= 4 is 37.7 Å². The van der Waals surface area contributed by atoms with E-state index in [2.05, 4.69) is 62.6 Å². The van der Waals surface area contributed by atoms with E-state index in [0.717, 1.165) is 75.4 Å². The molecule has 7 nitrogen and oxygen atoms in total. The molecule has 1 aliphatic rings. The number of thiazole rings is 1. The summed E-state index contributed by atoms with van der Waals surface area (Å²) in [6, 6.07) is 13.0. The SMILES string of the molecule is Cc1nn(C)cc1-c1ccc2c(c1)ncn2Cc1ccc2nc(N[C@@H]3CCCC[C@H]3O)sc2c1. The molecule has 0 spiro atoms. The molecule has 2 atom stereocenters. The molecule has 0 aliphatic heterocycles. The molecule has 6 rings (SSSR count). The first-order valence-electron chi connectivity index (χ1n) is 11.8. The second-order valence-corrected chi connectivity index (χ2v) is 10.3. The number of nitrogens with one attached hydrogen (secondary N) is 1. The Labute approximate surface area is 202 Å². The van der Waals surface area contributed by atoms with Crippen LogP contribution in [0.15, 0.2) is 48.9 Å². The lowest BCUT2D eigenvalue weighted by atomic mass is 9.93. The highest BCUT2D eigenvalue weighted by atomic mass is 32.1. The summed E-state index contributed by atoms with van der Waals surface area (Å²) in [6.45, 7) is 2.78. The summed E-state index contributed by atoms with van der Waals surface area (Å²) in [6.07, 6.45) is 7.82. The van der Waals surface area contributed by atoms with Crippen LogP contribution in [-0.2, 0) is 13.6 Å². The van der Waals surface area contributed by atoms with E-state index >= 15 is 0 Å². The predicted molar refractivity (Wildman–Crippen MR) is 137 cm³/mol. The molecule has 1 fully saturated rings. The molecule has 5 aromatic rings. The van der Waals surface area contributed by atoms with Crippen molar-refractivity contribution in [3.8, 4) is 11.1 Å². The molecule has 1 aliphatic carbocycles. The standard InChI is InChI=1S/C26H28N6OS/c1-16-19(14-31(2)30-16)18-8-10-23-22(12-18)27-15-32(23)13-17-7-9-21-25(11-17)34-26(29-21)28-20-5-3-4-6-24(20)33/h7-12,14-15,20,24,33H,3-6,13H2,1-2H3,(H,28,29)/t20-,24-/m1/s1. The van der Waals surface area contributed by atoms with Gasteiger partial charge in [0.1, 0.15) is 0 Å². The Morgan fingerprint density at radius 2 is 2.00 bits per heavy atom. The first kappa shape index (κ1) is 21.3. The van der Waals surface area contributed by atoms with E-state index in [1.54, 1.807) is 11.3 Å². The van der Waals surface area contributed by atoms with Gasteiger partial charge in [-0.3, -0.25) is 4.68 Å². The van der Waals surface area contributed by atoms with Gasteiger partial charge in [0.2, 0.25) is 0 Å². The molecule has 8 heteroatoms. The van der Waals surface area contributed by atoms with Gasteiger partial charge in [0.25, 0.3) is 0 Å². The fourth-order valence-corrected chi connectivity index (χ4v) is 6.00. The van der Waals surface area contributed by atoms with Crippen molar-refractivity contribution in [1.29, 1.82) is 0 Å². The molecule has 34 heavy (non-hydrogen) atoms. The maximum Gasteiger partial charge on any atom is 0.184 e. The lowest BCUT2D eigenvalue weighted by molar-refractivity contribution is 0.116. The zero-order valence-corrected chi connectivity index (χ0v) is 20.2. The number of rotatable bonds is 5. The Kier molecular flexibility index (Phi) is 5.34. The van der Waals surface area contributed by atoms with E-state index in [-0.39, 0.29) is 12.1 Å². The Morgan fingerprint density at radius 1 is 1.12 bits per heavy atom. The fourth-order valence-electron chi connectivity index (χ4n) is 5.00. The molecular weight excluding hydrogens is 444 g/mol. The van der Waals surface area contributed by atoms with E-state index in [9.17, 15) is 5.11 Å². The summed E-state index contributed by atoms with van der Waals surface area (Å²) in [7, 11) is 1.95. The molecule has 0 unspecified atom stereocenters. The maximum absolute atomic E-state index is 10.3. The van der Waals surface area contributed by atoms with Gasteiger partial charge in [0.15, 0.2) is 5.13 Å². The first-order valence-corrected chi connectivity index (χ1v) is 12.6. The smallest absolute Gasteiger partial charge is 0.184 e. The molecular formula is C26H28N6OS. The van der Waals surface area contributed by atoms with E-state index in [1.807, 2.05) is 25.0 Å². The molecule has 3 heterocycles. The van der Waals surface area contributed by atoms with Crippen molar-refractivity contribution in [2.45, 2.75) is 51.3 Å². The monoisotopic (exact) mass is 472 g/mol. The van der Waals surface area contributed by atoms with Crippen LogP contribution < -0.4 is 5.32 Å². The highest BCUT2D eigenvalue weighted by Gasteiger charge is 2.23. The third-order valence-corrected chi connectivity index (χ3v) is 7.74. The van der Waals surface area contributed by atoms with Crippen LogP contribution in [0, 0.1) is 6.92 Å². The Morgan fingerprint density at radius 3 is 2.82 bits per heavy atom. The number of nitrogens with zero attached hydrogens (tertiary/aromatic N) is 5. The number of aliphatic hydroxyl groups excluding tert-OH is 1. The van der Waals surface area contributed by atoms with Gasteiger partial charge in [-0.05, 0) is 55.2 Å². The molecule has 0 radical (unpaired) electrons. The molecule has 2 aromatic carbocycles. The minimum Gasteiger partial charge on any atom is -0.391 e. The lowest BCUT2D eigenvalue weighted by Gasteiger charge is -2.27. The van der Waals surface area contributed by atoms with Crippen molar-refractivity contribution in [1.82, 2.24) is 24.3 Å². The van der Waals surface area contributed by atoms with Gasteiger partial charge in [-0.2, -0.15) is 5.10 Å². The Hall–Kier alpha value is -3.23. The van der Waals surface area contributed by atoms with Crippen molar-refractivity contribution < 1.29 is 5.11 Å². The summed E-state index contributed by atoms with van der Waals surface area (Å²) in [4.78, 5) is 9.42. The summed E-state index contributed by atoms with van der Waals surface area (Å²) in [5.41, 5.74) is 7.60. The van der Waals surface area contributed by atoms with Gasteiger partial charge in [0, 0.05) is 25.4 Å². The molecule has 3 aromatic heterocycles. The predicted octanol–water partition coefficient (Wildman–Crippen LogP) is 5.12. The average molecular weight is 473 g/mol. The minimum atomic E-state index is -0.284. The molecule has 2 N–H and O–H groups in total. The second-order valence-electron chi connectivity index (χ2n) is 9.30. The summed E-state index contributed by atoms with van der Waals surface area (Å²) < 4.78 is 5.19. The van der Waals surface area contributed by atoms with Gasteiger partial charge in [0.05, 0.1) is 45.4 Å². The number of hydrogen-bond acceptors (Lipinski definition) is 6. The van der Waals surface area contributed by atoms with Crippen LogP contribution in [0.25, 0.3) is 32.4 Å². The van der Waals surface area contributed by atoms with Gasteiger partial charge >= 0.3 is 0 Å². The molecule has 174 valence electrons. The summed E-state index contributed by atoms with van der Waals surface area (Å²) in [5, 5.41) is 19.1. The first-order chi connectivity index (χ1) is 16.5. The van der Waals surface area contributed by atoms with E-state index in [4.69, 9.17) is 4.98 Å². The largest absolute Gasteiger partial charge is 0.391 e. The molecule has 0 amide bonds. The van der Waals surface area contributed by atoms with Crippen molar-refractivity contribution in [3.05, 3.63) is 60.2 Å². The number of fused-ring (bicyclic) bond motifs is 2. The molecule has 0 bridgehead atoms. The van der Waals surface area contributed by atoms with Gasteiger partial charge in [-0.1, -0.05) is 36.3 Å². The number of aliphatic hydroxyl groups is 1. The Balaban J connectivity index is 1.24. The van der Waals surface area contributed by atoms with E-state index < -0.39 is 0 Å².